The maximum atomic E-state index is 12.8. The Bertz CT molecular complexity index is 851. The second-order valence-electron chi connectivity index (χ2n) is 9.79. The van der Waals surface area contributed by atoms with E-state index in [0.29, 0.717) is 24.0 Å². The minimum atomic E-state index is -0.103. The van der Waals surface area contributed by atoms with E-state index in [4.69, 9.17) is 0 Å². The summed E-state index contributed by atoms with van der Waals surface area (Å²) in [6.45, 7) is 20.3. The molecule has 208 valence electrons. The summed E-state index contributed by atoms with van der Waals surface area (Å²) in [7, 11) is 5.53. The Morgan fingerprint density at radius 1 is 1.00 bits per heavy atom. The lowest BCUT2D eigenvalue weighted by atomic mass is 9.89. The Morgan fingerprint density at radius 3 is 2.16 bits per heavy atom. The largest absolute Gasteiger partial charge is 0.374 e. The minimum Gasteiger partial charge on any atom is -0.374 e. The van der Waals surface area contributed by atoms with Gasteiger partial charge in [0, 0.05) is 40.8 Å². The number of allylic oxidation sites excluding steroid dienone is 6. The predicted molar refractivity (Wildman–Crippen MR) is 159 cm³/mol. The first-order valence-electron chi connectivity index (χ1n) is 13.6. The van der Waals surface area contributed by atoms with Crippen LogP contribution in [-0.2, 0) is 9.59 Å². The van der Waals surface area contributed by atoms with E-state index in [-0.39, 0.29) is 11.8 Å². The lowest BCUT2D eigenvalue weighted by molar-refractivity contribution is -0.130. The van der Waals surface area contributed by atoms with E-state index < -0.39 is 0 Å². The van der Waals surface area contributed by atoms with Crippen LogP contribution >= 0.6 is 0 Å². The molecule has 0 fully saturated rings. The van der Waals surface area contributed by atoms with Crippen LogP contribution in [0.5, 0.6) is 0 Å². The topological polar surface area (TPSA) is 56.2 Å². The van der Waals surface area contributed by atoms with Crippen molar-refractivity contribution in [2.75, 3.05) is 40.8 Å². The zero-order chi connectivity index (χ0) is 28.4. The lowest BCUT2D eigenvalue weighted by Gasteiger charge is -2.27. The van der Waals surface area contributed by atoms with Gasteiger partial charge in [0.05, 0.1) is 18.3 Å². The van der Waals surface area contributed by atoms with Gasteiger partial charge in [-0.05, 0) is 57.4 Å². The smallest absolute Gasteiger partial charge is 0.271 e. The standard InChI is InChI=1S/C31H52N4O2/c1-11-17-26(12-2)23-30(36)35(16-6)21-19-27(13-3)22-25(7)18-20-34(10)28(14-4)24-32-29(15-5)31(37)33(8)9/h11-12,14-15,17,24-25,27H,1-2,13,16,18-23H2,3-10H3/b26-17+,28-14+,29-15+,32-24-. The molecule has 0 aromatic rings. The SMILES string of the molecule is C=C/C=C(\C=C)CC(=O)N(CC)CCC(CC)CC(C)CCN(C)C(/C=N\C(=C\C)C(=O)N(C)C)=C/C. The van der Waals surface area contributed by atoms with Gasteiger partial charge in [0.2, 0.25) is 5.91 Å². The zero-order valence-electron chi connectivity index (χ0n) is 24.8. The molecule has 0 saturated heterocycles. The summed E-state index contributed by atoms with van der Waals surface area (Å²) in [5.41, 5.74) is 2.33. The van der Waals surface area contributed by atoms with Crippen molar-refractivity contribution in [1.82, 2.24) is 14.7 Å². The molecule has 2 unspecified atom stereocenters. The van der Waals surface area contributed by atoms with Crippen LogP contribution in [0.2, 0.25) is 0 Å². The molecule has 2 amide bonds. The zero-order valence-corrected chi connectivity index (χ0v) is 24.8. The Labute approximate surface area is 227 Å². The van der Waals surface area contributed by atoms with E-state index in [1.54, 1.807) is 38.5 Å². The summed E-state index contributed by atoms with van der Waals surface area (Å²) >= 11 is 0. The summed E-state index contributed by atoms with van der Waals surface area (Å²) in [5.74, 6) is 1.20. The highest BCUT2D eigenvalue weighted by atomic mass is 16.2. The van der Waals surface area contributed by atoms with Crippen LogP contribution in [0.4, 0.5) is 0 Å². The van der Waals surface area contributed by atoms with Crippen LogP contribution in [0.3, 0.4) is 0 Å². The van der Waals surface area contributed by atoms with Gasteiger partial charge in [-0.3, -0.25) is 9.59 Å². The summed E-state index contributed by atoms with van der Waals surface area (Å²) in [5, 5.41) is 0. The number of hydrogen-bond donors (Lipinski definition) is 0. The number of nitrogens with zero attached hydrogens (tertiary/aromatic N) is 4. The molecular weight excluding hydrogens is 460 g/mol. The molecule has 0 radical (unpaired) electrons. The van der Waals surface area contributed by atoms with E-state index >= 15 is 0 Å². The maximum absolute atomic E-state index is 12.8. The first kappa shape index (κ1) is 34.1. The van der Waals surface area contributed by atoms with Crippen molar-refractivity contribution >= 4 is 18.0 Å². The van der Waals surface area contributed by atoms with Gasteiger partial charge in [-0.2, -0.15) is 0 Å². The number of hydrogen-bond acceptors (Lipinski definition) is 4. The fourth-order valence-corrected chi connectivity index (χ4v) is 4.16. The molecule has 0 saturated carbocycles. The van der Waals surface area contributed by atoms with Gasteiger partial charge in [-0.25, -0.2) is 4.99 Å². The van der Waals surface area contributed by atoms with Crippen molar-refractivity contribution in [2.24, 2.45) is 16.8 Å². The van der Waals surface area contributed by atoms with E-state index in [9.17, 15) is 9.59 Å². The molecule has 0 bridgehead atoms. The third kappa shape index (κ3) is 13.3. The van der Waals surface area contributed by atoms with Gasteiger partial charge in [0.25, 0.3) is 5.91 Å². The van der Waals surface area contributed by atoms with Crippen molar-refractivity contribution in [3.8, 4) is 0 Å². The monoisotopic (exact) mass is 512 g/mol. The normalized spacial score (nSPS) is 14.3. The fraction of sp³-hybridized carbons (Fsp3) is 0.581. The molecule has 0 aliphatic heterocycles. The van der Waals surface area contributed by atoms with E-state index in [1.165, 1.54) is 4.90 Å². The lowest BCUT2D eigenvalue weighted by Crippen LogP contribution is -2.33. The summed E-state index contributed by atoms with van der Waals surface area (Å²) in [6, 6.07) is 0. The average molecular weight is 513 g/mol. The van der Waals surface area contributed by atoms with Crippen molar-refractivity contribution < 1.29 is 9.59 Å². The van der Waals surface area contributed by atoms with Crippen LogP contribution in [-0.4, -0.2) is 73.5 Å². The molecule has 0 aliphatic rings. The van der Waals surface area contributed by atoms with Gasteiger partial charge >= 0.3 is 0 Å². The maximum Gasteiger partial charge on any atom is 0.271 e. The van der Waals surface area contributed by atoms with Crippen molar-refractivity contribution in [2.45, 2.75) is 66.7 Å². The predicted octanol–water partition coefficient (Wildman–Crippen LogP) is 6.25. The number of likely N-dealkylation sites (N-methyl/N-ethyl adjacent to an activating group) is 1. The molecular formula is C31H52N4O2. The Balaban J connectivity index is 4.87. The highest BCUT2D eigenvalue weighted by Gasteiger charge is 2.17. The molecule has 0 aromatic heterocycles. The number of carbonyl (C=O) groups is 2. The van der Waals surface area contributed by atoms with E-state index in [1.807, 2.05) is 37.8 Å². The molecule has 6 nitrogen and oxygen atoms in total. The Hall–Kier alpha value is -2.89. The number of carbonyl (C=O) groups excluding carboxylic acids is 2. The van der Waals surface area contributed by atoms with E-state index in [0.717, 1.165) is 56.6 Å². The first-order valence-corrected chi connectivity index (χ1v) is 13.6. The second-order valence-corrected chi connectivity index (χ2v) is 9.79. The Kier molecular flexibility index (Phi) is 17.7. The number of aliphatic imine (C=N–C) groups is 1. The molecule has 0 rings (SSSR count). The summed E-state index contributed by atoms with van der Waals surface area (Å²) in [6.07, 6.45) is 15.5. The highest BCUT2D eigenvalue weighted by molar-refractivity contribution is 5.95. The van der Waals surface area contributed by atoms with Crippen molar-refractivity contribution in [3.63, 3.8) is 0 Å². The van der Waals surface area contributed by atoms with Gasteiger partial charge in [-0.1, -0.05) is 63.8 Å². The van der Waals surface area contributed by atoms with Crippen LogP contribution in [0.25, 0.3) is 0 Å². The molecule has 0 spiro atoms. The second kappa shape index (κ2) is 19.3. The quantitative estimate of drug-likeness (QED) is 0.124. The average Bonchev–Trinajstić information content (AvgIpc) is 2.88. The molecule has 2 atom stereocenters. The summed E-state index contributed by atoms with van der Waals surface area (Å²) in [4.78, 5) is 35.1. The fourth-order valence-electron chi connectivity index (χ4n) is 4.16. The van der Waals surface area contributed by atoms with Gasteiger partial charge in [0.1, 0.15) is 5.70 Å². The van der Waals surface area contributed by atoms with Crippen LogP contribution in [0, 0.1) is 11.8 Å². The molecule has 0 aromatic carbocycles. The molecule has 0 aliphatic carbocycles. The van der Waals surface area contributed by atoms with Gasteiger partial charge in [0.15, 0.2) is 0 Å². The van der Waals surface area contributed by atoms with Crippen molar-refractivity contribution in [1.29, 1.82) is 0 Å². The van der Waals surface area contributed by atoms with Gasteiger partial charge < -0.3 is 14.7 Å². The molecule has 37 heavy (non-hydrogen) atoms. The molecule has 0 heterocycles. The number of rotatable bonds is 18. The van der Waals surface area contributed by atoms with Crippen LogP contribution in [0.15, 0.2) is 65.5 Å². The van der Waals surface area contributed by atoms with Crippen LogP contribution < -0.4 is 0 Å². The first-order chi connectivity index (χ1) is 17.6. The van der Waals surface area contributed by atoms with E-state index in [2.05, 4.69) is 43.9 Å². The third-order valence-corrected chi connectivity index (χ3v) is 6.73. The minimum absolute atomic E-state index is 0.103. The molecule has 0 N–H and O–H groups in total. The number of amides is 2. The van der Waals surface area contributed by atoms with Gasteiger partial charge in [-0.15, -0.1) is 0 Å². The summed E-state index contributed by atoms with van der Waals surface area (Å²) < 4.78 is 0. The highest BCUT2D eigenvalue weighted by Crippen LogP contribution is 2.23. The van der Waals surface area contributed by atoms with Crippen molar-refractivity contribution in [3.05, 3.63) is 60.5 Å². The Morgan fingerprint density at radius 2 is 1.68 bits per heavy atom. The van der Waals surface area contributed by atoms with Crippen LogP contribution in [0.1, 0.15) is 66.7 Å². The third-order valence-electron chi connectivity index (χ3n) is 6.73. The molecule has 6 heteroatoms.